The van der Waals surface area contributed by atoms with E-state index >= 15 is 0 Å². The normalized spacial score (nSPS) is 31.2. The average molecular weight is 279 g/mol. The molecule has 2 atom stereocenters. The van der Waals surface area contributed by atoms with E-state index in [0.29, 0.717) is 0 Å². The number of likely N-dealkylation sites (tertiary alicyclic amines) is 1. The smallest absolute Gasteiger partial charge is 0.415 e. The third-order valence-corrected chi connectivity index (χ3v) is 2.81. The number of rotatable bonds is 1. The molecule has 5 nitrogen and oxygen atoms in total. The van der Waals surface area contributed by atoms with Crippen molar-refractivity contribution in [3.05, 3.63) is 0 Å². The lowest BCUT2D eigenvalue weighted by Gasteiger charge is -2.35. The standard InChI is InChI=1S/C12H19F2NO4/c1-10(2,3)19-9(17)15-11(4,13)6-7-12(15,14)8(16)18-5/h6-7H2,1-5H3. The van der Waals surface area contributed by atoms with Gasteiger partial charge in [0.05, 0.1) is 7.11 Å². The summed E-state index contributed by atoms with van der Waals surface area (Å²) in [7, 11) is 0.977. The number of carbonyl (C=O) groups excluding carboxylic acids is 2. The molecule has 0 spiro atoms. The lowest BCUT2D eigenvalue weighted by molar-refractivity contribution is -0.174. The van der Waals surface area contributed by atoms with E-state index in [1.54, 1.807) is 20.8 Å². The number of nitrogens with zero attached hydrogens (tertiary/aromatic N) is 1. The predicted molar refractivity (Wildman–Crippen MR) is 62.7 cm³/mol. The second-order valence-electron chi connectivity index (χ2n) is 5.71. The van der Waals surface area contributed by atoms with Gasteiger partial charge in [0.25, 0.3) is 5.79 Å². The molecule has 1 rings (SSSR count). The van der Waals surface area contributed by atoms with Gasteiger partial charge in [0, 0.05) is 12.8 Å². The van der Waals surface area contributed by atoms with Crippen molar-refractivity contribution in [2.24, 2.45) is 0 Å². The van der Waals surface area contributed by atoms with E-state index in [0.717, 1.165) is 14.0 Å². The number of esters is 1. The highest BCUT2D eigenvalue weighted by Gasteiger charge is 2.63. The largest absolute Gasteiger partial charge is 0.465 e. The van der Waals surface area contributed by atoms with Crippen molar-refractivity contribution in [3.63, 3.8) is 0 Å². The van der Waals surface area contributed by atoms with Gasteiger partial charge < -0.3 is 9.47 Å². The van der Waals surface area contributed by atoms with E-state index in [1.165, 1.54) is 0 Å². The predicted octanol–water partition coefficient (Wildman–Crippen LogP) is 2.54. The summed E-state index contributed by atoms with van der Waals surface area (Å²) >= 11 is 0. The SMILES string of the molecule is COC(=O)C1(F)CCC(C)(F)N1C(=O)OC(C)(C)C. The van der Waals surface area contributed by atoms with Gasteiger partial charge in [-0.05, 0) is 27.7 Å². The van der Waals surface area contributed by atoms with Crippen LogP contribution in [0, 0.1) is 0 Å². The van der Waals surface area contributed by atoms with Gasteiger partial charge in [-0.25, -0.2) is 23.3 Å². The van der Waals surface area contributed by atoms with Crippen molar-refractivity contribution < 1.29 is 27.8 Å². The minimum absolute atomic E-state index is 0.192. The molecule has 1 heterocycles. The Kier molecular flexibility index (Phi) is 3.80. The fourth-order valence-electron chi connectivity index (χ4n) is 1.98. The number of carbonyl (C=O) groups is 2. The van der Waals surface area contributed by atoms with Crippen LogP contribution in [0.1, 0.15) is 40.5 Å². The molecule has 0 aromatic rings. The molecule has 7 heteroatoms. The van der Waals surface area contributed by atoms with Gasteiger partial charge in [0.2, 0.25) is 0 Å². The van der Waals surface area contributed by atoms with Crippen LogP contribution in [-0.2, 0) is 14.3 Å². The molecule has 2 unspecified atom stereocenters. The van der Waals surface area contributed by atoms with Crippen LogP contribution in [-0.4, -0.2) is 41.3 Å². The third-order valence-electron chi connectivity index (χ3n) is 2.81. The van der Waals surface area contributed by atoms with E-state index in [4.69, 9.17) is 4.74 Å². The number of amides is 1. The quantitative estimate of drug-likeness (QED) is 0.546. The van der Waals surface area contributed by atoms with Crippen molar-refractivity contribution in [3.8, 4) is 0 Å². The zero-order chi connectivity index (χ0) is 15.1. The molecule has 0 radical (unpaired) electrons. The van der Waals surface area contributed by atoms with Crippen molar-refractivity contribution in [2.45, 2.75) is 57.7 Å². The molecule has 0 aliphatic carbocycles. The van der Waals surface area contributed by atoms with Crippen LogP contribution in [0.4, 0.5) is 13.6 Å². The zero-order valence-corrected chi connectivity index (χ0v) is 11.8. The third kappa shape index (κ3) is 2.96. The van der Waals surface area contributed by atoms with Gasteiger partial charge in [-0.1, -0.05) is 0 Å². The molecule has 110 valence electrons. The van der Waals surface area contributed by atoms with Gasteiger partial charge in [-0.2, -0.15) is 0 Å². The number of ether oxygens (including phenoxy) is 2. The maximum atomic E-state index is 14.6. The molecular formula is C12H19F2NO4. The van der Waals surface area contributed by atoms with Gasteiger partial charge in [-0.15, -0.1) is 0 Å². The van der Waals surface area contributed by atoms with Crippen LogP contribution in [0.25, 0.3) is 0 Å². The summed E-state index contributed by atoms with van der Waals surface area (Å²) in [5.74, 6) is -6.44. The first-order valence-corrected chi connectivity index (χ1v) is 5.93. The lowest BCUT2D eigenvalue weighted by Crippen LogP contribution is -2.57. The van der Waals surface area contributed by atoms with Crippen LogP contribution in [0.2, 0.25) is 0 Å². The summed E-state index contributed by atoms with van der Waals surface area (Å²) in [5.41, 5.74) is -0.924. The van der Waals surface area contributed by atoms with Gasteiger partial charge >= 0.3 is 12.1 Å². The number of alkyl halides is 2. The Morgan fingerprint density at radius 1 is 1.21 bits per heavy atom. The second-order valence-corrected chi connectivity index (χ2v) is 5.71. The molecule has 0 bridgehead atoms. The Balaban J connectivity index is 3.10. The Morgan fingerprint density at radius 3 is 2.16 bits per heavy atom. The first-order valence-electron chi connectivity index (χ1n) is 5.93. The number of methoxy groups -OCH3 is 1. The van der Waals surface area contributed by atoms with Crippen LogP contribution in [0.5, 0.6) is 0 Å². The second kappa shape index (κ2) is 4.61. The van der Waals surface area contributed by atoms with E-state index < -0.39 is 35.7 Å². The Labute approximate surface area is 110 Å². The topological polar surface area (TPSA) is 55.8 Å². The average Bonchev–Trinajstić information content (AvgIpc) is 2.47. The summed E-state index contributed by atoms with van der Waals surface area (Å²) < 4.78 is 38.1. The molecule has 1 amide bonds. The van der Waals surface area contributed by atoms with E-state index in [2.05, 4.69) is 4.74 Å². The fraction of sp³-hybridized carbons (Fsp3) is 0.833. The Bertz CT molecular complexity index is 392. The zero-order valence-electron chi connectivity index (χ0n) is 11.8. The molecule has 0 aromatic heterocycles. The number of hydrogen-bond donors (Lipinski definition) is 0. The Hall–Kier alpha value is -1.40. The highest BCUT2D eigenvalue weighted by molar-refractivity contribution is 5.85. The molecule has 19 heavy (non-hydrogen) atoms. The van der Waals surface area contributed by atoms with Gasteiger partial charge in [-0.3, -0.25) is 0 Å². The molecule has 0 N–H and O–H groups in total. The highest BCUT2D eigenvalue weighted by atomic mass is 19.2. The maximum absolute atomic E-state index is 14.6. The first-order chi connectivity index (χ1) is 8.44. The molecular weight excluding hydrogens is 260 g/mol. The van der Waals surface area contributed by atoms with Crippen LogP contribution < -0.4 is 0 Å². The fourth-order valence-corrected chi connectivity index (χ4v) is 1.98. The van der Waals surface area contributed by atoms with Crippen LogP contribution >= 0.6 is 0 Å². The van der Waals surface area contributed by atoms with E-state index in [1.807, 2.05) is 0 Å². The summed E-state index contributed by atoms with van der Waals surface area (Å²) in [6.07, 6.45) is -1.99. The van der Waals surface area contributed by atoms with E-state index in [9.17, 15) is 18.4 Å². The number of hydrogen-bond acceptors (Lipinski definition) is 4. The van der Waals surface area contributed by atoms with Crippen molar-refractivity contribution in [2.75, 3.05) is 7.11 Å². The molecule has 1 saturated heterocycles. The van der Waals surface area contributed by atoms with E-state index in [-0.39, 0.29) is 11.3 Å². The van der Waals surface area contributed by atoms with Crippen LogP contribution in [0.15, 0.2) is 0 Å². The van der Waals surface area contributed by atoms with Gasteiger partial charge in [0.1, 0.15) is 5.60 Å². The van der Waals surface area contributed by atoms with Crippen molar-refractivity contribution >= 4 is 12.1 Å². The summed E-state index contributed by atoms with van der Waals surface area (Å²) in [4.78, 5) is 23.6. The summed E-state index contributed by atoms with van der Waals surface area (Å²) in [5, 5.41) is 0. The summed E-state index contributed by atoms with van der Waals surface area (Å²) in [6, 6.07) is 0. The molecule has 0 saturated carbocycles. The maximum Gasteiger partial charge on any atom is 0.415 e. The van der Waals surface area contributed by atoms with Gasteiger partial charge in [0.15, 0.2) is 5.79 Å². The van der Waals surface area contributed by atoms with Crippen molar-refractivity contribution in [1.82, 2.24) is 4.90 Å². The lowest BCUT2D eigenvalue weighted by atomic mass is 10.1. The minimum atomic E-state index is -2.83. The molecule has 1 fully saturated rings. The molecule has 0 aromatic carbocycles. The number of halogens is 2. The first kappa shape index (κ1) is 15.7. The monoisotopic (exact) mass is 279 g/mol. The minimum Gasteiger partial charge on any atom is -0.465 e. The van der Waals surface area contributed by atoms with Crippen molar-refractivity contribution in [1.29, 1.82) is 0 Å². The van der Waals surface area contributed by atoms with Crippen LogP contribution in [0.3, 0.4) is 0 Å². The summed E-state index contributed by atoms with van der Waals surface area (Å²) in [6.45, 7) is 5.72. The molecule has 1 aliphatic heterocycles. The molecule has 1 aliphatic rings. The highest BCUT2D eigenvalue weighted by Crippen LogP contribution is 2.44. The Morgan fingerprint density at radius 2 is 1.74 bits per heavy atom.